The number of morpholine rings is 1. The minimum absolute atomic E-state index is 0.210. The van der Waals surface area contributed by atoms with Crippen molar-refractivity contribution in [3.8, 4) is 0 Å². The van der Waals surface area contributed by atoms with Gasteiger partial charge in [0.2, 0.25) is 0 Å². The molecule has 76 valence electrons. The molecule has 0 aromatic heterocycles. The van der Waals surface area contributed by atoms with Gasteiger partial charge in [0.1, 0.15) is 6.04 Å². The van der Waals surface area contributed by atoms with Crippen LogP contribution in [0.25, 0.3) is 0 Å². The zero-order valence-electron chi connectivity index (χ0n) is 7.41. The Balaban J connectivity index is 2.41. The Hall–Kier alpha value is -0.680. The fourth-order valence-electron chi connectivity index (χ4n) is 1.40. The van der Waals surface area contributed by atoms with E-state index < -0.39 is 18.7 Å². The standard InChI is InChI=1S/C8H14FNO3/c9-2-1-3-10-4-5-13-6-7(10)8(11)12/h7H,1-6H2,(H,11,12). The van der Waals surface area contributed by atoms with Crippen molar-refractivity contribution in [2.24, 2.45) is 0 Å². The minimum atomic E-state index is -0.890. The van der Waals surface area contributed by atoms with Crippen LogP contribution in [0.5, 0.6) is 0 Å². The summed E-state index contributed by atoms with van der Waals surface area (Å²) in [5, 5.41) is 8.79. The van der Waals surface area contributed by atoms with E-state index in [0.29, 0.717) is 26.1 Å². The maximum absolute atomic E-state index is 11.9. The highest BCUT2D eigenvalue weighted by atomic mass is 19.1. The normalized spacial score (nSPS) is 24.5. The van der Waals surface area contributed by atoms with Gasteiger partial charge in [-0.25, -0.2) is 0 Å². The Morgan fingerprint density at radius 1 is 1.69 bits per heavy atom. The average Bonchev–Trinajstić information content (AvgIpc) is 2.15. The van der Waals surface area contributed by atoms with Crippen LogP contribution in [-0.2, 0) is 9.53 Å². The fraction of sp³-hybridized carbons (Fsp3) is 0.875. The Kier molecular flexibility index (Phi) is 4.11. The highest BCUT2D eigenvalue weighted by Crippen LogP contribution is 2.07. The highest BCUT2D eigenvalue weighted by molar-refractivity contribution is 5.73. The maximum Gasteiger partial charge on any atom is 0.323 e. The van der Waals surface area contributed by atoms with Crippen LogP contribution < -0.4 is 0 Å². The van der Waals surface area contributed by atoms with E-state index in [2.05, 4.69) is 0 Å². The molecule has 1 saturated heterocycles. The molecule has 1 aliphatic rings. The molecule has 5 heteroatoms. The summed E-state index contributed by atoms with van der Waals surface area (Å²) in [5.74, 6) is -0.890. The second kappa shape index (κ2) is 5.14. The number of carboxylic acid groups (broad SMARTS) is 1. The lowest BCUT2D eigenvalue weighted by molar-refractivity contribution is -0.149. The SMILES string of the molecule is O=C(O)C1COCCN1CCCF. The molecule has 1 unspecified atom stereocenters. The molecular weight excluding hydrogens is 177 g/mol. The molecule has 1 fully saturated rings. The number of hydrogen-bond acceptors (Lipinski definition) is 3. The van der Waals surface area contributed by atoms with Crippen LogP contribution in [-0.4, -0.2) is 55.0 Å². The van der Waals surface area contributed by atoms with Gasteiger partial charge in [-0.15, -0.1) is 0 Å². The van der Waals surface area contributed by atoms with Gasteiger partial charge in [0.05, 0.1) is 19.9 Å². The van der Waals surface area contributed by atoms with Gasteiger partial charge >= 0.3 is 5.97 Å². The topological polar surface area (TPSA) is 49.8 Å². The van der Waals surface area contributed by atoms with Crippen molar-refractivity contribution >= 4 is 5.97 Å². The molecule has 0 aromatic rings. The number of aliphatic carboxylic acids is 1. The van der Waals surface area contributed by atoms with Crippen LogP contribution in [0.15, 0.2) is 0 Å². The number of carboxylic acids is 1. The minimum Gasteiger partial charge on any atom is -0.480 e. The van der Waals surface area contributed by atoms with E-state index >= 15 is 0 Å². The van der Waals surface area contributed by atoms with Crippen LogP contribution in [0.4, 0.5) is 4.39 Å². The number of nitrogens with zero attached hydrogens (tertiary/aromatic N) is 1. The fourth-order valence-corrected chi connectivity index (χ4v) is 1.40. The molecule has 1 heterocycles. The third kappa shape index (κ3) is 2.93. The average molecular weight is 191 g/mol. The van der Waals surface area contributed by atoms with E-state index in [9.17, 15) is 9.18 Å². The van der Waals surface area contributed by atoms with Crippen LogP contribution in [0.1, 0.15) is 6.42 Å². The molecule has 1 rings (SSSR count). The van der Waals surface area contributed by atoms with Gasteiger partial charge in [0.15, 0.2) is 0 Å². The summed E-state index contributed by atoms with van der Waals surface area (Å²) in [5.41, 5.74) is 0. The Labute approximate surface area is 76.3 Å². The van der Waals surface area contributed by atoms with Crippen molar-refractivity contribution in [3.05, 3.63) is 0 Å². The van der Waals surface area contributed by atoms with Gasteiger partial charge in [-0.1, -0.05) is 0 Å². The predicted molar refractivity (Wildman–Crippen MR) is 44.4 cm³/mol. The third-order valence-corrected chi connectivity index (χ3v) is 2.10. The second-order valence-electron chi connectivity index (χ2n) is 3.01. The zero-order valence-corrected chi connectivity index (χ0v) is 7.41. The summed E-state index contributed by atoms with van der Waals surface area (Å²) in [7, 11) is 0. The molecule has 1 N–H and O–H groups in total. The molecule has 0 spiro atoms. The van der Waals surface area contributed by atoms with E-state index in [0.717, 1.165) is 0 Å². The van der Waals surface area contributed by atoms with E-state index in [1.54, 1.807) is 4.90 Å². The molecule has 4 nitrogen and oxygen atoms in total. The lowest BCUT2D eigenvalue weighted by Gasteiger charge is -2.32. The summed E-state index contributed by atoms with van der Waals surface area (Å²) in [4.78, 5) is 12.5. The number of carbonyl (C=O) groups is 1. The Morgan fingerprint density at radius 2 is 2.46 bits per heavy atom. The van der Waals surface area contributed by atoms with E-state index in [-0.39, 0.29) is 6.61 Å². The van der Waals surface area contributed by atoms with Crippen LogP contribution in [0, 0.1) is 0 Å². The first-order chi connectivity index (χ1) is 6.25. The second-order valence-corrected chi connectivity index (χ2v) is 3.01. The molecule has 1 atom stereocenters. The Morgan fingerprint density at radius 3 is 3.08 bits per heavy atom. The van der Waals surface area contributed by atoms with Crippen molar-refractivity contribution in [3.63, 3.8) is 0 Å². The van der Waals surface area contributed by atoms with Crippen molar-refractivity contribution in [1.82, 2.24) is 4.90 Å². The van der Waals surface area contributed by atoms with Crippen molar-refractivity contribution in [2.75, 3.05) is 33.0 Å². The summed E-state index contributed by atoms with van der Waals surface area (Å²) < 4.78 is 16.9. The summed E-state index contributed by atoms with van der Waals surface area (Å²) in [6.07, 6.45) is 0.393. The summed E-state index contributed by atoms with van der Waals surface area (Å²) in [6, 6.07) is -0.597. The summed E-state index contributed by atoms with van der Waals surface area (Å²) >= 11 is 0. The highest BCUT2D eigenvalue weighted by Gasteiger charge is 2.28. The number of alkyl halides is 1. The number of halogens is 1. The monoisotopic (exact) mass is 191 g/mol. The third-order valence-electron chi connectivity index (χ3n) is 2.10. The smallest absolute Gasteiger partial charge is 0.323 e. The number of ether oxygens (including phenoxy) is 1. The van der Waals surface area contributed by atoms with Gasteiger partial charge in [-0.2, -0.15) is 0 Å². The lowest BCUT2D eigenvalue weighted by atomic mass is 10.2. The number of rotatable bonds is 4. The van der Waals surface area contributed by atoms with Crippen LogP contribution in [0.2, 0.25) is 0 Å². The Bertz CT molecular complexity index is 177. The molecule has 0 amide bonds. The van der Waals surface area contributed by atoms with Crippen molar-refractivity contribution in [2.45, 2.75) is 12.5 Å². The van der Waals surface area contributed by atoms with Gasteiger partial charge in [0, 0.05) is 13.1 Å². The van der Waals surface area contributed by atoms with Crippen molar-refractivity contribution < 1.29 is 19.0 Å². The molecule has 0 bridgehead atoms. The lowest BCUT2D eigenvalue weighted by Crippen LogP contribution is -2.50. The molecular formula is C8H14FNO3. The zero-order chi connectivity index (χ0) is 9.68. The first-order valence-electron chi connectivity index (χ1n) is 4.36. The van der Waals surface area contributed by atoms with Crippen LogP contribution in [0.3, 0.4) is 0 Å². The van der Waals surface area contributed by atoms with Crippen molar-refractivity contribution in [1.29, 1.82) is 0 Å². The van der Waals surface area contributed by atoms with E-state index in [4.69, 9.17) is 9.84 Å². The molecule has 0 saturated carbocycles. The number of hydrogen-bond donors (Lipinski definition) is 1. The van der Waals surface area contributed by atoms with Gasteiger partial charge in [-0.05, 0) is 6.42 Å². The molecule has 0 radical (unpaired) electrons. The van der Waals surface area contributed by atoms with Gasteiger partial charge in [-0.3, -0.25) is 14.1 Å². The largest absolute Gasteiger partial charge is 0.480 e. The van der Waals surface area contributed by atoms with E-state index in [1.165, 1.54) is 0 Å². The maximum atomic E-state index is 11.9. The van der Waals surface area contributed by atoms with Gasteiger partial charge in [0.25, 0.3) is 0 Å². The predicted octanol–water partition coefficient (Wildman–Crippen LogP) is 0.131. The van der Waals surface area contributed by atoms with Gasteiger partial charge < -0.3 is 9.84 Å². The summed E-state index contributed by atoms with van der Waals surface area (Å²) in [6.45, 7) is 1.43. The first kappa shape index (κ1) is 10.4. The quantitative estimate of drug-likeness (QED) is 0.686. The molecule has 1 aliphatic heterocycles. The molecule has 0 aliphatic carbocycles. The van der Waals surface area contributed by atoms with E-state index in [1.807, 2.05) is 0 Å². The first-order valence-corrected chi connectivity index (χ1v) is 4.36. The molecule has 0 aromatic carbocycles. The van der Waals surface area contributed by atoms with Crippen LogP contribution >= 0.6 is 0 Å². The molecule has 13 heavy (non-hydrogen) atoms.